The molecule has 7 heteroatoms. The van der Waals surface area contributed by atoms with Gasteiger partial charge in [-0.3, -0.25) is 4.72 Å². The highest BCUT2D eigenvalue weighted by Gasteiger charge is 2.01. The molecule has 1 aromatic rings. The molecule has 0 saturated heterocycles. The molecule has 6 nitrogen and oxygen atoms in total. The second kappa shape index (κ2) is 5.71. The van der Waals surface area contributed by atoms with Crippen molar-refractivity contribution in [1.82, 2.24) is 0 Å². The van der Waals surface area contributed by atoms with Crippen molar-refractivity contribution in [1.29, 1.82) is 10.5 Å². The van der Waals surface area contributed by atoms with Crippen molar-refractivity contribution in [2.45, 2.75) is 0 Å². The van der Waals surface area contributed by atoms with Crippen LogP contribution in [0.25, 0.3) is 0 Å². The zero-order chi connectivity index (χ0) is 13.6. The number of hydrogen-bond acceptors (Lipinski definition) is 5. The van der Waals surface area contributed by atoms with Crippen LogP contribution in [0, 0.1) is 22.7 Å². The molecule has 0 aliphatic carbocycles. The number of nitriles is 2. The van der Waals surface area contributed by atoms with Crippen LogP contribution in [-0.2, 0) is 10.0 Å². The molecular weight excluding hydrogens is 252 g/mol. The van der Waals surface area contributed by atoms with Crippen LogP contribution in [0.5, 0.6) is 0 Å². The van der Waals surface area contributed by atoms with E-state index in [-0.39, 0.29) is 5.57 Å². The number of anilines is 2. The molecule has 0 saturated carbocycles. The Hall–Kier alpha value is -2.51. The van der Waals surface area contributed by atoms with Gasteiger partial charge in [0.05, 0.1) is 11.9 Å². The lowest BCUT2D eigenvalue weighted by atomic mass is 10.3. The second-order valence-electron chi connectivity index (χ2n) is 3.38. The molecular formula is C11H10N4O2S. The van der Waals surface area contributed by atoms with E-state index in [1.807, 2.05) is 0 Å². The predicted octanol–water partition coefficient (Wildman–Crippen LogP) is 1.40. The molecule has 0 bridgehead atoms. The number of allylic oxidation sites excluding steroid dienone is 1. The molecule has 0 aliphatic rings. The van der Waals surface area contributed by atoms with Crippen LogP contribution < -0.4 is 10.0 Å². The van der Waals surface area contributed by atoms with Gasteiger partial charge in [-0.25, -0.2) is 8.42 Å². The van der Waals surface area contributed by atoms with Crippen molar-refractivity contribution < 1.29 is 8.42 Å². The number of benzene rings is 1. The average molecular weight is 262 g/mol. The molecule has 18 heavy (non-hydrogen) atoms. The molecule has 0 atom stereocenters. The van der Waals surface area contributed by atoms with E-state index in [1.54, 1.807) is 36.4 Å². The first kappa shape index (κ1) is 13.6. The lowest BCUT2D eigenvalue weighted by Gasteiger charge is -2.06. The van der Waals surface area contributed by atoms with Gasteiger partial charge in [-0.2, -0.15) is 10.5 Å². The van der Waals surface area contributed by atoms with Gasteiger partial charge in [0.15, 0.2) is 0 Å². The van der Waals surface area contributed by atoms with Gasteiger partial charge >= 0.3 is 0 Å². The topological polar surface area (TPSA) is 106 Å². The fourth-order valence-electron chi connectivity index (χ4n) is 1.13. The molecule has 92 valence electrons. The maximum absolute atomic E-state index is 11.0. The SMILES string of the molecule is CS(=O)(=O)Nc1cccc(NC=C(C#N)C#N)c1. The second-order valence-corrected chi connectivity index (χ2v) is 5.13. The Labute approximate surface area is 105 Å². The van der Waals surface area contributed by atoms with Crippen molar-refractivity contribution in [3.63, 3.8) is 0 Å². The Bertz CT molecular complexity index is 634. The summed E-state index contributed by atoms with van der Waals surface area (Å²) in [7, 11) is -3.33. The Kier molecular flexibility index (Phi) is 4.30. The first-order valence-corrected chi connectivity index (χ1v) is 6.68. The largest absolute Gasteiger partial charge is 0.360 e. The minimum absolute atomic E-state index is 0.0727. The fraction of sp³-hybridized carbons (Fsp3) is 0.0909. The minimum Gasteiger partial charge on any atom is -0.360 e. The molecule has 0 radical (unpaired) electrons. The summed E-state index contributed by atoms with van der Waals surface area (Å²) in [6, 6.07) is 9.85. The van der Waals surface area contributed by atoms with Crippen LogP contribution in [0.15, 0.2) is 36.0 Å². The third-order valence-electron chi connectivity index (χ3n) is 1.79. The highest BCUT2D eigenvalue weighted by atomic mass is 32.2. The Morgan fingerprint density at radius 2 is 1.89 bits per heavy atom. The first-order valence-electron chi connectivity index (χ1n) is 4.79. The number of nitrogens with zero attached hydrogens (tertiary/aromatic N) is 2. The van der Waals surface area contributed by atoms with Crippen LogP contribution in [0.2, 0.25) is 0 Å². The van der Waals surface area contributed by atoms with Crippen LogP contribution >= 0.6 is 0 Å². The highest BCUT2D eigenvalue weighted by molar-refractivity contribution is 7.92. The van der Waals surface area contributed by atoms with Gasteiger partial charge in [-0.1, -0.05) is 6.07 Å². The van der Waals surface area contributed by atoms with Crippen molar-refractivity contribution >= 4 is 21.4 Å². The van der Waals surface area contributed by atoms with Crippen LogP contribution in [0.3, 0.4) is 0 Å². The summed E-state index contributed by atoms with van der Waals surface area (Å²) in [5, 5.41) is 19.8. The first-order chi connectivity index (χ1) is 8.44. The normalized spacial score (nSPS) is 9.72. The van der Waals surface area contributed by atoms with E-state index in [0.717, 1.165) is 6.26 Å². The van der Waals surface area contributed by atoms with E-state index in [1.165, 1.54) is 6.20 Å². The highest BCUT2D eigenvalue weighted by Crippen LogP contribution is 2.16. The number of hydrogen-bond donors (Lipinski definition) is 2. The van der Waals surface area contributed by atoms with Gasteiger partial charge in [0.2, 0.25) is 10.0 Å². The summed E-state index contributed by atoms with van der Waals surface area (Å²) in [5.41, 5.74) is 0.884. The van der Waals surface area contributed by atoms with Gasteiger partial charge in [0.1, 0.15) is 17.7 Å². The Morgan fingerprint density at radius 1 is 1.28 bits per heavy atom. The molecule has 2 N–H and O–H groups in total. The number of sulfonamides is 1. The van der Waals surface area contributed by atoms with Crippen LogP contribution in [0.1, 0.15) is 0 Å². The van der Waals surface area contributed by atoms with E-state index >= 15 is 0 Å². The molecule has 0 aliphatic heterocycles. The molecule has 0 aromatic heterocycles. The van der Waals surface area contributed by atoms with Crippen molar-refractivity contribution in [2.75, 3.05) is 16.3 Å². The van der Waals surface area contributed by atoms with Gasteiger partial charge in [0.25, 0.3) is 0 Å². The summed E-state index contributed by atoms with van der Waals surface area (Å²) < 4.78 is 24.4. The Morgan fingerprint density at radius 3 is 2.44 bits per heavy atom. The van der Waals surface area contributed by atoms with Crippen molar-refractivity contribution in [3.05, 3.63) is 36.0 Å². The molecule has 0 amide bonds. The molecule has 1 rings (SSSR count). The summed E-state index contributed by atoms with van der Waals surface area (Å²) >= 11 is 0. The predicted molar refractivity (Wildman–Crippen MR) is 67.8 cm³/mol. The van der Waals surface area contributed by atoms with E-state index in [9.17, 15) is 8.42 Å². The van der Waals surface area contributed by atoms with E-state index in [2.05, 4.69) is 10.0 Å². The maximum atomic E-state index is 11.0. The zero-order valence-corrected chi connectivity index (χ0v) is 10.3. The lowest BCUT2D eigenvalue weighted by Crippen LogP contribution is -2.09. The van der Waals surface area contributed by atoms with E-state index in [4.69, 9.17) is 10.5 Å². The monoisotopic (exact) mass is 262 g/mol. The third-order valence-corrected chi connectivity index (χ3v) is 2.40. The Balaban J connectivity index is 2.88. The molecule has 0 spiro atoms. The van der Waals surface area contributed by atoms with Crippen molar-refractivity contribution in [3.8, 4) is 12.1 Å². The molecule has 0 heterocycles. The van der Waals surface area contributed by atoms with Crippen molar-refractivity contribution in [2.24, 2.45) is 0 Å². The number of rotatable bonds is 4. The average Bonchev–Trinajstić information content (AvgIpc) is 2.28. The minimum atomic E-state index is -3.33. The molecule has 0 fully saturated rings. The van der Waals surface area contributed by atoms with Gasteiger partial charge in [-0.05, 0) is 18.2 Å². The summed E-state index contributed by atoms with van der Waals surface area (Å²) in [6.45, 7) is 0. The summed E-state index contributed by atoms with van der Waals surface area (Å²) in [6.07, 6.45) is 2.30. The van der Waals surface area contributed by atoms with E-state index < -0.39 is 10.0 Å². The van der Waals surface area contributed by atoms with Crippen LogP contribution in [-0.4, -0.2) is 14.7 Å². The van der Waals surface area contributed by atoms with E-state index in [0.29, 0.717) is 11.4 Å². The van der Waals surface area contributed by atoms with Gasteiger partial charge in [0, 0.05) is 11.9 Å². The fourth-order valence-corrected chi connectivity index (χ4v) is 1.69. The summed E-state index contributed by atoms with van der Waals surface area (Å²) in [4.78, 5) is 0. The zero-order valence-electron chi connectivity index (χ0n) is 9.51. The van der Waals surface area contributed by atoms with Crippen LogP contribution in [0.4, 0.5) is 11.4 Å². The van der Waals surface area contributed by atoms with Gasteiger partial charge in [-0.15, -0.1) is 0 Å². The number of nitrogens with one attached hydrogen (secondary N) is 2. The molecule has 1 aromatic carbocycles. The lowest BCUT2D eigenvalue weighted by molar-refractivity contribution is 0.607. The smallest absolute Gasteiger partial charge is 0.229 e. The third kappa shape index (κ3) is 4.56. The molecule has 0 unspecified atom stereocenters. The quantitative estimate of drug-likeness (QED) is 0.798. The standard InChI is InChI=1S/C11H10N4O2S/c1-18(16,17)15-11-4-2-3-10(5-11)14-8-9(6-12)7-13/h2-5,8,14-15H,1H3. The summed E-state index contributed by atoms with van der Waals surface area (Å²) in [5.74, 6) is 0. The maximum Gasteiger partial charge on any atom is 0.229 e. The van der Waals surface area contributed by atoms with Gasteiger partial charge < -0.3 is 5.32 Å².